The average Bonchev–Trinajstić information content (AvgIpc) is 2.78. The van der Waals surface area contributed by atoms with E-state index >= 15 is 0 Å². The van der Waals surface area contributed by atoms with Crippen molar-refractivity contribution in [3.63, 3.8) is 0 Å². The molecule has 0 fully saturated rings. The second kappa shape index (κ2) is 6.49. The highest BCUT2D eigenvalue weighted by molar-refractivity contribution is 7.99. The first-order valence-electron chi connectivity index (χ1n) is 6.26. The highest BCUT2D eigenvalue weighted by atomic mass is 32.2. The van der Waals surface area contributed by atoms with Crippen LogP contribution in [0.5, 0.6) is 5.75 Å². The number of carbonyl (C=O) groups is 1. The van der Waals surface area contributed by atoms with E-state index in [1.807, 2.05) is 13.8 Å². The minimum absolute atomic E-state index is 0.0641. The molecule has 2 N–H and O–H groups in total. The third-order valence-electron chi connectivity index (χ3n) is 2.43. The van der Waals surface area contributed by atoms with Gasteiger partial charge >= 0.3 is 11.7 Å². The van der Waals surface area contributed by atoms with Gasteiger partial charge in [0.25, 0.3) is 0 Å². The normalized spacial score (nSPS) is 10.8. The van der Waals surface area contributed by atoms with Crippen molar-refractivity contribution >= 4 is 17.7 Å². The van der Waals surface area contributed by atoms with Gasteiger partial charge in [-0.3, -0.25) is 4.79 Å². The van der Waals surface area contributed by atoms with Gasteiger partial charge in [0.05, 0.1) is 17.5 Å². The molecule has 1 heterocycles. The number of hydrogen-bond donors (Lipinski definition) is 2. The molecule has 0 amide bonds. The summed E-state index contributed by atoms with van der Waals surface area (Å²) in [5.41, 5.74) is 0.179. The summed E-state index contributed by atoms with van der Waals surface area (Å²) in [7, 11) is 0. The Balaban J connectivity index is 2.27. The average molecular weight is 309 g/mol. The van der Waals surface area contributed by atoms with Crippen LogP contribution < -0.4 is 10.4 Å². The highest BCUT2D eigenvalue weighted by Crippen LogP contribution is 2.20. The molecular weight excluding hydrogens is 294 g/mol. The van der Waals surface area contributed by atoms with Crippen LogP contribution in [-0.2, 0) is 4.79 Å². The number of benzene rings is 1. The number of aliphatic carboxylic acids is 1. The molecule has 112 valence electrons. The Morgan fingerprint density at radius 3 is 2.67 bits per heavy atom. The second-order valence-corrected chi connectivity index (χ2v) is 5.43. The summed E-state index contributed by atoms with van der Waals surface area (Å²) in [4.78, 5) is 22.4. The van der Waals surface area contributed by atoms with Crippen LogP contribution in [-0.4, -0.2) is 37.7 Å². The van der Waals surface area contributed by atoms with Crippen molar-refractivity contribution in [3.8, 4) is 11.4 Å². The van der Waals surface area contributed by atoms with Gasteiger partial charge in [-0.1, -0.05) is 11.8 Å². The Hall–Kier alpha value is -2.22. The summed E-state index contributed by atoms with van der Waals surface area (Å²) in [6.45, 7) is 3.85. The molecule has 0 atom stereocenters. The van der Waals surface area contributed by atoms with Gasteiger partial charge in [-0.2, -0.15) is 0 Å². The van der Waals surface area contributed by atoms with E-state index in [9.17, 15) is 9.59 Å². The predicted molar refractivity (Wildman–Crippen MR) is 78.3 cm³/mol. The van der Waals surface area contributed by atoms with Crippen LogP contribution in [0, 0.1) is 0 Å². The molecule has 2 aromatic rings. The number of nitrogens with zero attached hydrogens (tertiary/aromatic N) is 2. The van der Waals surface area contributed by atoms with Crippen LogP contribution in [0.2, 0.25) is 0 Å². The Morgan fingerprint density at radius 2 is 2.10 bits per heavy atom. The zero-order valence-electron chi connectivity index (χ0n) is 11.6. The largest absolute Gasteiger partial charge is 0.491 e. The van der Waals surface area contributed by atoms with Gasteiger partial charge in [-0.15, -0.1) is 5.10 Å². The maximum atomic E-state index is 11.8. The Kier molecular flexibility index (Phi) is 4.69. The first kappa shape index (κ1) is 15.2. The van der Waals surface area contributed by atoms with E-state index in [4.69, 9.17) is 9.84 Å². The van der Waals surface area contributed by atoms with Crippen LogP contribution in [0.1, 0.15) is 13.8 Å². The summed E-state index contributed by atoms with van der Waals surface area (Å²) in [5, 5.41) is 15.2. The molecule has 0 aliphatic carbocycles. The molecule has 0 saturated carbocycles. The van der Waals surface area contributed by atoms with Gasteiger partial charge in [0.2, 0.25) is 0 Å². The van der Waals surface area contributed by atoms with Gasteiger partial charge in [0, 0.05) is 0 Å². The number of thioether (sulfide) groups is 1. The van der Waals surface area contributed by atoms with E-state index in [0.717, 1.165) is 11.8 Å². The molecule has 1 aromatic heterocycles. The van der Waals surface area contributed by atoms with Crippen LogP contribution in [0.4, 0.5) is 0 Å². The second-order valence-electron chi connectivity index (χ2n) is 4.49. The van der Waals surface area contributed by atoms with E-state index in [1.165, 1.54) is 4.57 Å². The molecular formula is C13H15N3O4S. The summed E-state index contributed by atoms with van der Waals surface area (Å²) >= 11 is 0.975. The van der Waals surface area contributed by atoms with Crippen molar-refractivity contribution in [1.82, 2.24) is 14.8 Å². The molecule has 0 aliphatic heterocycles. The number of ether oxygens (including phenoxy) is 1. The monoisotopic (exact) mass is 309 g/mol. The van der Waals surface area contributed by atoms with Crippen LogP contribution >= 0.6 is 11.8 Å². The zero-order valence-corrected chi connectivity index (χ0v) is 12.4. The molecule has 21 heavy (non-hydrogen) atoms. The first-order chi connectivity index (χ1) is 9.97. The number of carboxylic acids is 1. The van der Waals surface area contributed by atoms with Crippen LogP contribution in [0.15, 0.2) is 34.2 Å². The number of aromatic amines is 1. The standard InChI is InChI=1S/C13H15N3O4S/c1-8(2)20-10-5-3-9(4-6-10)16-12(19)14-15-13(16)21-7-11(17)18/h3-6,8H,7H2,1-2H3,(H,14,19)(H,17,18). The van der Waals surface area contributed by atoms with Gasteiger partial charge in [0.1, 0.15) is 5.75 Å². The van der Waals surface area contributed by atoms with Crippen molar-refractivity contribution in [2.45, 2.75) is 25.1 Å². The number of rotatable bonds is 6. The molecule has 0 unspecified atom stereocenters. The molecule has 0 radical (unpaired) electrons. The molecule has 7 nitrogen and oxygen atoms in total. The van der Waals surface area contributed by atoms with Crippen LogP contribution in [0.3, 0.4) is 0 Å². The minimum Gasteiger partial charge on any atom is -0.491 e. The number of carboxylic acid groups (broad SMARTS) is 1. The maximum absolute atomic E-state index is 11.8. The lowest BCUT2D eigenvalue weighted by atomic mass is 10.3. The fourth-order valence-electron chi connectivity index (χ4n) is 1.68. The van der Waals surface area contributed by atoms with E-state index in [1.54, 1.807) is 24.3 Å². The van der Waals surface area contributed by atoms with Crippen molar-refractivity contribution in [2.75, 3.05) is 5.75 Å². The summed E-state index contributed by atoms with van der Waals surface area (Å²) in [6.07, 6.45) is 0.0641. The van der Waals surface area contributed by atoms with E-state index in [0.29, 0.717) is 16.6 Å². The Bertz CT molecular complexity index is 675. The van der Waals surface area contributed by atoms with E-state index < -0.39 is 11.7 Å². The maximum Gasteiger partial charge on any atom is 0.348 e. The lowest BCUT2D eigenvalue weighted by molar-refractivity contribution is -0.133. The van der Waals surface area contributed by atoms with Gasteiger partial charge < -0.3 is 9.84 Å². The third kappa shape index (κ3) is 3.88. The Labute approximate surface area is 124 Å². The molecule has 0 spiro atoms. The summed E-state index contributed by atoms with van der Waals surface area (Å²) < 4.78 is 6.86. The predicted octanol–water partition coefficient (Wildman–Crippen LogP) is 1.52. The molecule has 0 bridgehead atoms. The lowest BCUT2D eigenvalue weighted by Crippen LogP contribution is -2.16. The summed E-state index contributed by atoms with van der Waals surface area (Å²) in [6, 6.07) is 6.94. The smallest absolute Gasteiger partial charge is 0.348 e. The quantitative estimate of drug-likeness (QED) is 0.785. The molecule has 0 aliphatic rings. The van der Waals surface area contributed by atoms with Crippen molar-refractivity contribution < 1.29 is 14.6 Å². The Morgan fingerprint density at radius 1 is 1.43 bits per heavy atom. The zero-order chi connectivity index (χ0) is 15.4. The molecule has 2 rings (SSSR count). The van der Waals surface area contributed by atoms with E-state index in [-0.39, 0.29) is 11.9 Å². The summed E-state index contributed by atoms with van der Waals surface area (Å²) in [5.74, 6) is -0.438. The number of H-pyrrole nitrogens is 1. The minimum atomic E-state index is -0.970. The lowest BCUT2D eigenvalue weighted by Gasteiger charge is -2.10. The fraction of sp³-hybridized carbons (Fsp3) is 0.308. The topological polar surface area (TPSA) is 97.2 Å². The van der Waals surface area contributed by atoms with Gasteiger partial charge in [-0.05, 0) is 38.1 Å². The molecule has 1 aromatic carbocycles. The molecule has 0 saturated heterocycles. The number of nitrogens with one attached hydrogen (secondary N) is 1. The van der Waals surface area contributed by atoms with Crippen molar-refractivity contribution in [2.24, 2.45) is 0 Å². The van der Waals surface area contributed by atoms with Crippen molar-refractivity contribution in [3.05, 3.63) is 34.7 Å². The number of aromatic nitrogens is 3. The van der Waals surface area contributed by atoms with Crippen LogP contribution in [0.25, 0.3) is 5.69 Å². The number of hydrogen-bond acceptors (Lipinski definition) is 5. The molecule has 8 heteroatoms. The first-order valence-corrected chi connectivity index (χ1v) is 7.25. The van der Waals surface area contributed by atoms with E-state index in [2.05, 4.69) is 10.2 Å². The third-order valence-corrected chi connectivity index (χ3v) is 3.36. The SMILES string of the molecule is CC(C)Oc1ccc(-n2c(SCC(=O)O)n[nH]c2=O)cc1. The van der Waals surface area contributed by atoms with Gasteiger partial charge in [-0.25, -0.2) is 14.5 Å². The van der Waals surface area contributed by atoms with Gasteiger partial charge in [0.15, 0.2) is 5.16 Å². The highest BCUT2D eigenvalue weighted by Gasteiger charge is 2.12. The van der Waals surface area contributed by atoms with Crippen molar-refractivity contribution in [1.29, 1.82) is 0 Å². The fourth-order valence-corrected chi connectivity index (χ4v) is 2.36.